The van der Waals surface area contributed by atoms with Crippen LogP contribution in [0.5, 0.6) is 0 Å². The molecule has 2 aromatic heterocycles. The average molecular weight is 274 g/mol. The number of anilines is 2. The zero-order valence-electron chi connectivity index (χ0n) is 11.0. The molecule has 0 atom stereocenters. The van der Waals surface area contributed by atoms with Gasteiger partial charge in [-0.15, -0.1) is 0 Å². The smallest absolute Gasteiger partial charge is 0.160 e. The first-order valence-corrected chi connectivity index (χ1v) is 6.09. The minimum Gasteiger partial charge on any atom is -0.343 e. The lowest BCUT2D eigenvalue weighted by Gasteiger charge is -2.07. The van der Waals surface area contributed by atoms with Gasteiger partial charge < -0.3 is 10.3 Å². The van der Waals surface area contributed by atoms with Crippen molar-refractivity contribution in [3.05, 3.63) is 47.4 Å². The highest BCUT2D eigenvalue weighted by atomic mass is 19.2. The summed E-state index contributed by atoms with van der Waals surface area (Å²) in [5.41, 5.74) is 2.09. The normalized spacial score (nSPS) is 11.0. The van der Waals surface area contributed by atoms with E-state index in [9.17, 15) is 8.78 Å². The van der Waals surface area contributed by atoms with Crippen molar-refractivity contribution in [2.45, 2.75) is 13.8 Å². The van der Waals surface area contributed by atoms with Crippen LogP contribution in [-0.2, 0) is 0 Å². The molecule has 6 heteroatoms. The fourth-order valence-corrected chi connectivity index (χ4v) is 2.06. The largest absolute Gasteiger partial charge is 0.343 e. The molecular formula is C14H12F2N4. The summed E-state index contributed by atoms with van der Waals surface area (Å²) >= 11 is 0. The lowest BCUT2D eigenvalue weighted by atomic mass is 10.2. The molecule has 2 heterocycles. The molecule has 20 heavy (non-hydrogen) atoms. The molecule has 0 radical (unpaired) electrons. The van der Waals surface area contributed by atoms with Crippen LogP contribution in [0, 0.1) is 25.5 Å². The predicted octanol–water partition coefficient (Wildman–Crippen LogP) is 3.60. The van der Waals surface area contributed by atoms with Crippen LogP contribution in [-0.4, -0.2) is 15.0 Å². The maximum atomic E-state index is 13.2. The second-order valence-electron chi connectivity index (χ2n) is 4.59. The van der Waals surface area contributed by atoms with Crippen LogP contribution in [0.25, 0.3) is 11.0 Å². The molecule has 0 aliphatic heterocycles. The highest BCUT2D eigenvalue weighted by Gasteiger charge is 2.10. The third-order valence-electron chi connectivity index (χ3n) is 2.92. The minimum atomic E-state index is -0.901. The lowest BCUT2D eigenvalue weighted by molar-refractivity contribution is 0.509. The number of benzene rings is 1. The summed E-state index contributed by atoms with van der Waals surface area (Å²) in [4.78, 5) is 11.7. The fourth-order valence-electron chi connectivity index (χ4n) is 2.06. The van der Waals surface area contributed by atoms with Gasteiger partial charge in [0, 0.05) is 17.4 Å². The molecule has 0 spiro atoms. The Balaban J connectivity index is 2.07. The van der Waals surface area contributed by atoms with Crippen molar-refractivity contribution < 1.29 is 8.78 Å². The number of fused-ring (bicyclic) bond motifs is 1. The van der Waals surface area contributed by atoms with Crippen LogP contribution in [0.3, 0.4) is 0 Å². The third-order valence-corrected chi connectivity index (χ3v) is 2.92. The van der Waals surface area contributed by atoms with Gasteiger partial charge in [-0.05, 0) is 32.0 Å². The van der Waals surface area contributed by atoms with Crippen LogP contribution in [0.1, 0.15) is 11.5 Å². The molecule has 0 unspecified atom stereocenters. The van der Waals surface area contributed by atoms with Crippen molar-refractivity contribution in [3.63, 3.8) is 0 Å². The number of halogens is 2. The topological polar surface area (TPSA) is 53.6 Å². The van der Waals surface area contributed by atoms with E-state index in [1.165, 1.54) is 6.07 Å². The van der Waals surface area contributed by atoms with E-state index in [1.54, 1.807) is 6.92 Å². The number of hydrogen-bond donors (Lipinski definition) is 2. The standard InChI is InChI=1S/C14H12F2N4/c1-7-5-10-13(17-7)18-8(2)19-14(10)20-9-3-4-11(15)12(16)6-9/h3-6H,1-2H3,(H2,17,18,19,20). The van der Waals surface area contributed by atoms with E-state index in [0.717, 1.165) is 23.2 Å². The number of H-pyrrole nitrogens is 1. The Morgan fingerprint density at radius 2 is 1.85 bits per heavy atom. The molecule has 3 aromatic rings. The highest BCUT2D eigenvalue weighted by Crippen LogP contribution is 2.25. The second kappa shape index (κ2) is 4.56. The van der Waals surface area contributed by atoms with Crippen LogP contribution in [0.15, 0.2) is 24.3 Å². The first-order chi connectivity index (χ1) is 9.52. The Morgan fingerprint density at radius 3 is 2.60 bits per heavy atom. The van der Waals surface area contributed by atoms with Gasteiger partial charge in [0.2, 0.25) is 0 Å². The van der Waals surface area contributed by atoms with Crippen LogP contribution >= 0.6 is 0 Å². The summed E-state index contributed by atoms with van der Waals surface area (Å²) < 4.78 is 26.1. The van der Waals surface area contributed by atoms with Crippen molar-refractivity contribution in [2.24, 2.45) is 0 Å². The zero-order valence-corrected chi connectivity index (χ0v) is 11.0. The fraction of sp³-hybridized carbons (Fsp3) is 0.143. The van der Waals surface area contributed by atoms with Gasteiger partial charge in [0.05, 0.1) is 5.39 Å². The molecule has 4 nitrogen and oxygen atoms in total. The molecule has 0 fully saturated rings. The molecule has 3 rings (SSSR count). The van der Waals surface area contributed by atoms with Gasteiger partial charge in [-0.2, -0.15) is 0 Å². The van der Waals surface area contributed by atoms with E-state index in [4.69, 9.17) is 0 Å². The number of rotatable bonds is 2. The van der Waals surface area contributed by atoms with E-state index < -0.39 is 11.6 Å². The molecule has 1 aromatic carbocycles. The van der Waals surface area contributed by atoms with E-state index in [0.29, 0.717) is 23.0 Å². The Hall–Kier alpha value is -2.50. The van der Waals surface area contributed by atoms with E-state index in [2.05, 4.69) is 20.3 Å². The Kier molecular flexibility index (Phi) is 2.85. The van der Waals surface area contributed by atoms with Crippen molar-refractivity contribution in [1.29, 1.82) is 0 Å². The van der Waals surface area contributed by atoms with Crippen molar-refractivity contribution >= 4 is 22.5 Å². The summed E-state index contributed by atoms with van der Waals surface area (Å²) in [7, 11) is 0. The predicted molar refractivity (Wildman–Crippen MR) is 73.0 cm³/mol. The maximum Gasteiger partial charge on any atom is 0.160 e. The van der Waals surface area contributed by atoms with Crippen molar-refractivity contribution in [1.82, 2.24) is 15.0 Å². The molecule has 0 bridgehead atoms. The van der Waals surface area contributed by atoms with E-state index in [-0.39, 0.29) is 0 Å². The summed E-state index contributed by atoms with van der Waals surface area (Å²) in [6.07, 6.45) is 0. The van der Waals surface area contributed by atoms with Crippen LogP contribution < -0.4 is 5.32 Å². The summed E-state index contributed by atoms with van der Waals surface area (Å²) in [5.74, 6) is -0.633. The van der Waals surface area contributed by atoms with Gasteiger partial charge in [-0.3, -0.25) is 0 Å². The first-order valence-electron chi connectivity index (χ1n) is 6.09. The minimum absolute atomic E-state index is 0.433. The first kappa shape index (κ1) is 12.5. The number of aromatic nitrogens is 3. The van der Waals surface area contributed by atoms with E-state index in [1.807, 2.05) is 13.0 Å². The van der Waals surface area contributed by atoms with Crippen LogP contribution in [0.4, 0.5) is 20.3 Å². The van der Waals surface area contributed by atoms with Crippen molar-refractivity contribution in [2.75, 3.05) is 5.32 Å². The van der Waals surface area contributed by atoms with Gasteiger partial charge in [0.25, 0.3) is 0 Å². The molecular weight excluding hydrogens is 262 g/mol. The number of nitrogens with zero attached hydrogens (tertiary/aromatic N) is 2. The molecule has 0 aliphatic rings. The SMILES string of the molecule is Cc1nc(Nc2ccc(F)c(F)c2)c2cc(C)[nH]c2n1. The molecule has 0 amide bonds. The third kappa shape index (κ3) is 2.20. The summed E-state index contributed by atoms with van der Waals surface area (Å²) in [5, 5.41) is 3.79. The number of aryl methyl sites for hydroxylation is 2. The molecule has 0 aliphatic carbocycles. The van der Waals surface area contributed by atoms with Gasteiger partial charge in [0.1, 0.15) is 17.3 Å². The maximum absolute atomic E-state index is 13.2. The second-order valence-corrected chi connectivity index (χ2v) is 4.59. The highest BCUT2D eigenvalue weighted by molar-refractivity contribution is 5.89. The van der Waals surface area contributed by atoms with E-state index >= 15 is 0 Å². The van der Waals surface area contributed by atoms with Gasteiger partial charge >= 0.3 is 0 Å². The quantitative estimate of drug-likeness (QED) is 0.750. The number of nitrogens with one attached hydrogen (secondary N) is 2. The monoisotopic (exact) mass is 274 g/mol. The zero-order chi connectivity index (χ0) is 14.3. The molecule has 0 saturated heterocycles. The van der Waals surface area contributed by atoms with Crippen LogP contribution in [0.2, 0.25) is 0 Å². The average Bonchev–Trinajstić information content (AvgIpc) is 2.74. The Labute approximate surface area is 113 Å². The molecule has 0 saturated carbocycles. The Morgan fingerprint density at radius 1 is 1.05 bits per heavy atom. The summed E-state index contributed by atoms with van der Waals surface area (Å²) in [6, 6.07) is 5.53. The van der Waals surface area contributed by atoms with Gasteiger partial charge in [-0.25, -0.2) is 18.7 Å². The van der Waals surface area contributed by atoms with Crippen molar-refractivity contribution in [3.8, 4) is 0 Å². The lowest BCUT2D eigenvalue weighted by Crippen LogP contribution is -1.99. The number of aromatic amines is 1. The Bertz CT molecular complexity index is 795. The summed E-state index contributed by atoms with van der Waals surface area (Å²) in [6.45, 7) is 3.68. The molecule has 102 valence electrons. The number of hydrogen-bond acceptors (Lipinski definition) is 3. The van der Waals surface area contributed by atoms with Gasteiger partial charge in [-0.1, -0.05) is 0 Å². The van der Waals surface area contributed by atoms with Gasteiger partial charge in [0.15, 0.2) is 11.6 Å². The molecule has 2 N–H and O–H groups in total.